The standard InChI is InChI=1S/C13H20O2S/c1-4-6-10(3)15-9-12(14)13-8-7-11(5-2)16-13/h7-8,10H,4-6,9H2,1-3H3. The molecule has 16 heavy (non-hydrogen) atoms. The predicted octanol–water partition coefficient (Wildman–Crippen LogP) is 3.70. The third kappa shape index (κ3) is 4.06. The van der Waals surface area contributed by atoms with Gasteiger partial charge in [0.15, 0.2) is 5.78 Å². The number of carbonyl (C=O) groups is 1. The Labute approximate surface area is 102 Å². The van der Waals surface area contributed by atoms with Crippen LogP contribution in [-0.4, -0.2) is 18.5 Å². The summed E-state index contributed by atoms with van der Waals surface area (Å²) in [5.41, 5.74) is 0. The van der Waals surface area contributed by atoms with Crippen LogP contribution in [0.4, 0.5) is 0 Å². The molecule has 0 spiro atoms. The fourth-order valence-electron chi connectivity index (χ4n) is 1.50. The van der Waals surface area contributed by atoms with Crippen LogP contribution in [-0.2, 0) is 11.2 Å². The van der Waals surface area contributed by atoms with E-state index < -0.39 is 0 Å². The number of Topliss-reactive ketones (excluding diaryl/α,β-unsaturated/α-hetero) is 1. The van der Waals surface area contributed by atoms with Crippen molar-refractivity contribution >= 4 is 17.1 Å². The highest BCUT2D eigenvalue weighted by Gasteiger charge is 2.10. The van der Waals surface area contributed by atoms with Gasteiger partial charge in [0, 0.05) is 4.88 Å². The van der Waals surface area contributed by atoms with Crippen LogP contribution in [0.2, 0.25) is 0 Å². The first kappa shape index (κ1) is 13.4. The number of hydrogen-bond acceptors (Lipinski definition) is 3. The van der Waals surface area contributed by atoms with Gasteiger partial charge in [-0.2, -0.15) is 0 Å². The zero-order valence-electron chi connectivity index (χ0n) is 10.3. The van der Waals surface area contributed by atoms with E-state index in [-0.39, 0.29) is 18.5 Å². The Bertz CT molecular complexity index is 330. The Balaban J connectivity index is 2.40. The Kier molecular flexibility index (Phi) is 5.71. The molecule has 0 fully saturated rings. The Morgan fingerprint density at radius 2 is 2.19 bits per heavy atom. The zero-order valence-corrected chi connectivity index (χ0v) is 11.1. The quantitative estimate of drug-likeness (QED) is 0.679. The molecule has 0 radical (unpaired) electrons. The molecule has 3 heteroatoms. The maximum Gasteiger partial charge on any atom is 0.198 e. The molecule has 1 atom stereocenters. The fraction of sp³-hybridized carbons (Fsp3) is 0.615. The third-order valence-electron chi connectivity index (χ3n) is 2.48. The highest BCUT2D eigenvalue weighted by Crippen LogP contribution is 2.17. The van der Waals surface area contributed by atoms with Gasteiger partial charge in [-0.1, -0.05) is 20.3 Å². The summed E-state index contributed by atoms with van der Waals surface area (Å²) in [6, 6.07) is 3.92. The summed E-state index contributed by atoms with van der Waals surface area (Å²) < 4.78 is 5.50. The second-order valence-electron chi connectivity index (χ2n) is 3.95. The van der Waals surface area contributed by atoms with E-state index in [1.807, 2.05) is 19.1 Å². The summed E-state index contributed by atoms with van der Waals surface area (Å²) in [5.74, 6) is 0.104. The molecule has 0 aliphatic heterocycles. The van der Waals surface area contributed by atoms with E-state index in [0.717, 1.165) is 24.1 Å². The molecule has 0 aliphatic rings. The first-order valence-corrected chi connectivity index (χ1v) is 6.72. The number of aryl methyl sites for hydroxylation is 1. The van der Waals surface area contributed by atoms with Gasteiger partial charge >= 0.3 is 0 Å². The van der Waals surface area contributed by atoms with Crippen molar-refractivity contribution in [3.8, 4) is 0 Å². The van der Waals surface area contributed by atoms with Crippen LogP contribution < -0.4 is 0 Å². The van der Waals surface area contributed by atoms with E-state index in [9.17, 15) is 4.79 Å². The second kappa shape index (κ2) is 6.81. The fourth-order valence-corrected chi connectivity index (χ4v) is 2.37. The number of hydrogen-bond donors (Lipinski definition) is 0. The largest absolute Gasteiger partial charge is 0.370 e. The van der Waals surface area contributed by atoms with Crippen LogP contribution in [0.1, 0.15) is 48.2 Å². The van der Waals surface area contributed by atoms with Crippen LogP contribution in [0, 0.1) is 0 Å². The molecule has 0 aliphatic carbocycles. The van der Waals surface area contributed by atoms with Crippen LogP contribution >= 0.6 is 11.3 Å². The number of ether oxygens (including phenoxy) is 1. The van der Waals surface area contributed by atoms with Crippen LogP contribution in [0.5, 0.6) is 0 Å². The highest BCUT2D eigenvalue weighted by atomic mass is 32.1. The predicted molar refractivity (Wildman–Crippen MR) is 68.3 cm³/mol. The minimum Gasteiger partial charge on any atom is -0.370 e. The Hall–Kier alpha value is -0.670. The molecular formula is C13H20O2S. The summed E-state index contributed by atoms with van der Waals surface area (Å²) in [6.07, 6.45) is 3.27. The summed E-state index contributed by atoms with van der Waals surface area (Å²) in [5, 5.41) is 0. The highest BCUT2D eigenvalue weighted by molar-refractivity contribution is 7.14. The molecule has 0 amide bonds. The van der Waals surface area contributed by atoms with Crippen LogP contribution in [0.15, 0.2) is 12.1 Å². The average molecular weight is 240 g/mol. The van der Waals surface area contributed by atoms with Crippen molar-refractivity contribution < 1.29 is 9.53 Å². The van der Waals surface area contributed by atoms with Crippen LogP contribution in [0.3, 0.4) is 0 Å². The number of carbonyl (C=O) groups excluding carboxylic acids is 1. The first-order valence-electron chi connectivity index (χ1n) is 5.90. The van der Waals surface area contributed by atoms with Gasteiger partial charge in [0.2, 0.25) is 0 Å². The molecule has 1 rings (SSSR count). The Morgan fingerprint density at radius 3 is 2.75 bits per heavy atom. The molecule has 1 aromatic heterocycles. The van der Waals surface area contributed by atoms with Gasteiger partial charge in [0.1, 0.15) is 6.61 Å². The molecule has 90 valence electrons. The lowest BCUT2D eigenvalue weighted by Crippen LogP contribution is -2.14. The smallest absolute Gasteiger partial charge is 0.198 e. The number of thiophene rings is 1. The van der Waals surface area contributed by atoms with Gasteiger partial charge in [-0.05, 0) is 31.9 Å². The van der Waals surface area contributed by atoms with Crippen molar-refractivity contribution in [1.82, 2.24) is 0 Å². The normalized spacial score (nSPS) is 12.7. The summed E-state index contributed by atoms with van der Waals surface area (Å²) in [6.45, 7) is 6.45. The summed E-state index contributed by atoms with van der Waals surface area (Å²) >= 11 is 1.58. The maximum atomic E-state index is 11.8. The van der Waals surface area contributed by atoms with Crippen molar-refractivity contribution in [3.63, 3.8) is 0 Å². The van der Waals surface area contributed by atoms with Crippen molar-refractivity contribution in [3.05, 3.63) is 21.9 Å². The van der Waals surface area contributed by atoms with Gasteiger partial charge in [-0.15, -0.1) is 11.3 Å². The van der Waals surface area contributed by atoms with Gasteiger partial charge in [0.25, 0.3) is 0 Å². The van der Waals surface area contributed by atoms with E-state index in [4.69, 9.17) is 4.74 Å². The van der Waals surface area contributed by atoms with Crippen molar-refractivity contribution in [2.45, 2.75) is 46.1 Å². The third-order valence-corrected chi connectivity index (χ3v) is 3.75. The lowest BCUT2D eigenvalue weighted by molar-refractivity contribution is 0.0493. The first-order chi connectivity index (χ1) is 7.67. The van der Waals surface area contributed by atoms with Crippen LogP contribution in [0.25, 0.3) is 0 Å². The molecule has 1 heterocycles. The lowest BCUT2D eigenvalue weighted by Gasteiger charge is -2.10. The van der Waals surface area contributed by atoms with Crippen molar-refractivity contribution in [2.75, 3.05) is 6.61 Å². The zero-order chi connectivity index (χ0) is 12.0. The molecule has 0 bridgehead atoms. The number of ketones is 1. The molecule has 0 N–H and O–H groups in total. The average Bonchev–Trinajstić information content (AvgIpc) is 2.75. The summed E-state index contributed by atoms with van der Waals surface area (Å²) in [7, 11) is 0. The monoisotopic (exact) mass is 240 g/mol. The van der Waals surface area contributed by atoms with E-state index in [1.165, 1.54) is 4.88 Å². The molecular weight excluding hydrogens is 220 g/mol. The SMILES string of the molecule is CCCC(C)OCC(=O)c1ccc(CC)s1. The van der Waals surface area contributed by atoms with Gasteiger partial charge in [-0.25, -0.2) is 0 Å². The molecule has 0 saturated heterocycles. The topological polar surface area (TPSA) is 26.3 Å². The van der Waals surface area contributed by atoms with E-state index >= 15 is 0 Å². The minimum absolute atomic E-state index is 0.104. The molecule has 1 aromatic rings. The summed E-state index contributed by atoms with van der Waals surface area (Å²) in [4.78, 5) is 13.8. The van der Waals surface area contributed by atoms with Gasteiger partial charge in [0.05, 0.1) is 11.0 Å². The Morgan fingerprint density at radius 1 is 1.44 bits per heavy atom. The number of rotatable bonds is 7. The molecule has 2 nitrogen and oxygen atoms in total. The molecule has 1 unspecified atom stereocenters. The second-order valence-corrected chi connectivity index (χ2v) is 5.12. The van der Waals surface area contributed by atoms with E-state index in [1.54, 1.807) is 11.3 Å². The van der Waals surface area contributed by atoms with E-state index in [2.05, 4.69) is 13.8 Å². The lowest BCUT2D eigenvalue weighted by atomic mass is 10.2. The van der Waals surface area contributed by atoms with E-state index in [0.29, 0.717) is 0 Å². The molecule has 0 saturated carbocycles. The maximum absolute atomic E-state index is 11.8. The van der Waals surface area contributed by atoms with Gasteiger partial charge < -0.3 is 4.74 Å². The minimum atomic E-state index is 0.104. The van der Waals surface area contributed by atoms with Gasteiger partial charge in [-0.3, -0.25) is 4.79 Å². The van der Waals surface area contributed by atoms with Crippen molar-refractivity contribution in [1.29, 1.82) is 0 Å². The van der Waals surface area contributed by atoms with Crippen molar-refractivity contribution in [2.24, 2.45) is 0 Å². The molecule has 0 aromatic carbocycles.